The summed E-state index contributed by atoms with van der Waals surface area (Å²) in [5.41, 5.74) is 5.04. The molecule has 1 atom stereocenters. The van der Waals surface area contributed by atoms with Gasteiger partial charge in [0.25, 0.3) is 0 Å². The lowest BCUT2D eigenvalue weighted by Gasteiger charge is -2.32. The molecule has 3 aromatic rings. The minimum absolute atomic E-state index is 0.139. The largest absolute Gasteiger partial charge is 0.494 e. The zero-order valence-corrected chi connectivity index (χ0v) is 22.6. The van der Waals surface area contributed by atoms with Crippen molar-refractivity contribution in [1.29, 1.82) is 0 Å². The maximum Gasteiger partial charge on any atom is 0.494 e. The van der Waals surface area contributed by atoms with Gasteiger partial charge in [-0.05, 0) is 95.1 Å². The van der Waals surface area contributed by atoms with Crippen LogP contribution in [0.25, 0.3) is 0 Å². The number of hydrogen-bond donors (Lipinski definition) is 1. The third kappa shape index (κ3) is 4.77. The van der Waals surface area contributed by atoms with Crippen molar-refractivity contribution in [3.63, 3.8) is 0 Å². The lowest BCUT2D eigenvalue weighted by atomic mass is 9.78. The van der Waals surface area contributed by atoms with Crippen LogP contribution in [0.1, 0.15) is 56.1 Å². The highest BCUT2D eigenvalue weighted by molar-refractivity contribution is 6.62. The van der Waals surface area contributed by atoms with Crippen molar-refractivity contribution in [3.05, 3.63) is 77.2 Å². The van der Waals surface area contributed by atoms with Crippen LogP contribution < -0.4 is 10.8 Å². The fraction of sp³-hybridized carbons (Fsp3) is 0.379. The van der Waals surface area contributed by atoms with E-state index in [9.17, 15) is 4.79 Å². The number of benzene rings is 2. The topological polar surface area (TPSA) is 76.3 Å². The highest BCUT2D eigenvalue weighted by atomic mass is 16.7. The van der Waals surface area contributed by atoms with Crippen LogP contribution >= 0.6 is 0 Å². The molecule has 2 aliphatic rings. The summed E-state index contributed by atoms with van der Waals surface area (Å²) in [6, 6.07) is 15.8. The van der Waals surface area contributed by atoms with Gasteiger partial charge in [-0.2, -0.15) is 0 Å². The Labute approximate surface area is 219 Å². The number of anilines is 1. The predicted octanol–water partition coefficient (Wildman–Crippen LogP) is 4.81. The van der Waals surface area contributed by atoms with Crippen molar-refractivity contribution in [2.24, 2.45) is 4.99 Å². The van der Waals surface area contributed by atoms with Crippen LogP contribution in [-0.4, -0.2) is 48.9 Å². The number of aryl methyl sites for hydroxylation is 1. The monoisotopic (exact) mass is 499 g/mol. The van der Waals surface area contributed by atoms with Crippen LogP contribution in [0.5, 0.6) is 0 Å². The molecular weight excluding hydrogens is 465 g/mol. The van der Waals surface area contributed by atoms with Crippen LogP contribution in [0.3, 0.4) is 0 Å². The van der Waals surface area contributed by atoms with Gasteiger partial charge in [0.1, 0.15) is 11.6 Å². The molecule has 2 aromatic carbocycles. The van der Waals surface area contributed by atoms with Gasteiger partial charge in [-0.3, -0.25) is 4.79 Å². The smallest absolute Gasteiger partial charge is 0.463 e. The number of carbonyl (C=O) groups excluding carboxylic acids is 1. The molecule has 37 heavy (non-hydrogen) atoms. The Bertz CT molecular complexity index is 1340. The average molecular weight is 499 g/mol. The number of furan rings is 1. The lowest BCUT2D eigenvalue weighted by Crippen LogP contribution is -2.41. The van der Waals surface area contributed by atoms with Crippen LogP contribution in [0.2, 0.25) is 0 Å². The first kappa shape index (κ1) is 25.5. The van der Waals surface area contributed by atoms with Crippen molar-refractivity contribution in [3.8, 4) is 0 Å². The van der Waals surface area contributed by atoms with E-state index in [1.54, 1.807) is 6.26 Å². The zero-order chi connectivity index (χ0) is 26.5. The van der Waals surface area contributed by atoms with Gasteiger partial charge in [0.2, 0.25) is 5.91 Å². The molecule has 0 spiro atoms. The Morgan fingerprint density at radius 1 is 1.03 bits per heavy atom. The fourth-order valence-corrected chi connectivity index (χ4v) is 4.74. The third-order valence-electron chi connectivity index (χ3n) is 7.49. The van der Waals surface area contributed by atoms with Crippen molar-refractivity contribution < 1.29 is 18.5 Å². The summed E-state index contributed by atoms with van der Waals surface area (Å²) in [5, 5.41) is 3.05. The summed E-state index contributed by atoms with van der Waals surface area (Å²) in [6.45, 7) is 10.9. The van der Waals surface area contributed by atoms with Gasteiger partial charge in [0.15, 0.2) is 5.76 Å². The Kier molecular flexibility index (Phi) is 6.38. The zero-order valence-electron chi connectivity index (χ0n) is 22.6. The molecule has 8 heteroatoms. The summed E-state index contributed by atoms with van der Waals surface area (Å²) in [7, 11) is 3.57. The summed E-state index contributed by atoms with van der Waals surface area (Å²) < 4.78 is 18.3. The number of carbonyl (C=O) groups is 1. The maximum atomic E-state index is 13.4. The van der Waals surface area contributed by atoms with Crippen LogP contribution in [0.15, 0.2) is 64.2 Å². The van der Waals surface area contributed by atoms with Gasteiger partial charge in [-0.25, -0.2) is 4.99 Å². The molecule has 1 amide bonds. The molecule has 192 valence electrons. The summed E-state index contributed by atoms with van der Waals surface area (Å²) >= 11 is 0. The molecule has 7 nitrogen and oxygen atoms in total. The SMILES string of the molecule is Cc1ccoc1C(=Nc1ccc(CN(C)C)cc1)C1C(=O)Nc2cc(B3OC(C)(C)C(C)(C)O3)ccc21. The Morgan fingerprint density at radius 3 is 2.30 bits per heavy atom. The van der Waals surface area contributed by atoms with E-state index in [0.717, 1.165) is 34.5 Å². The second kappa shape index (κ2) is 9.28. The summed E-state index contributed by atoms with van der Waals surface area (Å²) in [6.07, 6.45) is 1.63. The van der Waals surface area contributed by atoms with Gasteiger partial charge in [0, 0.05) is 12.2 Å². The fourth-order valence-electron chi connectivity index (χ4n) is 4.74. The maximum absolute atomic E-state index is 13.4. The molecule has 0 bridgehead atoms. The van der Waals surface area contributed by atoms with Crippen LogP contribution in [0, 0.1) is 6.92 Å². The molecule has 1 unspecified atom stereocenters. The van der Waals surface area contributed by atoms with Gasteiger partial charge < -0.3 is 23.9 Å². The van der Waals surface area contributed by atoms with E-state index in [0.29, 0.717) is 11.5 Å². The van der Waals surface area contributed by atoms with Gasteiger partial charge in [0.05, 0.1) is 23.2 Å². The number of aliphatic imine (C=N–C) groups is 1. The summed E-state index contributed by atoms with van der Waals surface area (Å²) in [5.74, 6) is -0.131. The second-order valence-corrected chi connectivity index (χ2v) is 11.2. The molecule has 3 heterocycles. The number of rotatable bonds is 6. The molecule has 5 rings (SSSR count). The molecule has 1 aromatic heterocycles. The van der Waals surface area contributed by atoms with E-state index in [4.69, 9.17) is 18.7 Å². The first-order valence-corrected chi connectivity index (χ1v) is 12.6. The van der Waals surface area contributed by atoms with E-state index >= 15 is 0 Å². The number of fused-ring (bicyclic) bond motifs is 1. The lowest BCUT2D eigenvalue weighted by molar-refractivity contribution is -0.115. The minimum Gasteiger partial charge on any atom is -0.463 e. The Hall–Kier alpha value is -3.20. The Morgan fingerprint density at radius 2 is 1.70 bits per heavy atom. The van der Waals surface area contributed by atoms with E-state index < -0.39 is 24.2 Å². The predicted molar refractivity (Wildman–Crippen MR) is 147 cm³/mol. The summed E-state index contributed by atoms with van der Waals surface area (Å²) in [4.78, 5) is 20.5. The van der Waals surface area contributed by atoms with Crippen LogP contribution in [-0.2, 0) is 20.6 Å². The molecule has 0 saturated carbocycles. The standard InChI is InChI=1S/C29H34BN3O4/c1-18-14-15-35-26(18)25(31-21-11-8-19(9-12-21)17-33(6)7)24-22-13-10-20(16-23(22)32-27(24)34)30-36-28(2,3)29(4,5)37-30/h8-16,24H,17H2,1-7H3,(H,32,34). The molecule has 0 radical (unpaired) electrons. The highest BCUT2D eigenvalue weighted by Crippen LogP contribution is 2.39. The van der Waals surface area contributed by atoms with Crippen molar-refractivity contribution in [2.75, 3.05) is 19.4 Å². The molecule has 1 N–H and O–H groups in total. The third-order valence-corrected chi connectivity index (χ3v) is 7.49. The van der Waals surface area contributed by atoms with Crippen molar-refractivity contribution in [1.82, 2.24) is 4.90 Å². The number of amides is 1. The normalized spacial score (nSPS) is 20.4. The van der Waals surface area contributed by atoms with E-state index in [1.807, 2.05) is 85.1 Å². The number of nitrogens with one attached hydrogen (secondary N) is 1. The average Bonchev–Trinajstić information content (AvgIpc) is 3.45. The second-order valence-electron chi connectivity index (χ2n) is 11.2. The van der Waals surface area contributed by atoms with Crippen molar-refractivity contribution in [2.45, 2.75) is 58.3 Å². The Balaban J connectivity index is 1.51. The van der Waals surface area contributed by atoms with E-state index in [1.165, 1.54) is 5.56 Å². The van der Waals surface area contributed by atoms with Gasteiger partial charge >= 0.3 is 7.12 Å². The number of nitrogens with zero attached hydrogens (tertiary/aromatic N) is 2. The highest BCUT2D eigenvalue weighted by Gasteiger charge is 2.52. The van der Waals surface area contributed by atoms with E-state index in [-0.39, 0.29) is 5.91 Å². The first-order chi connectivity index (χ1) is 17.4. The molecule has 2 aliphatic heterocycles. The van der Waals surface area contributed by atoms with E-state index in [2.05, 4.69) is 22.3 Å². The van der Waals surface area contributed by atoms with Crippen molar-refractivity contribution >= 4 is 35.6 Å². The first-order valence-electron chi connectivity index (χ1n) is 12.6. The molecule has 1 saturated heterocycles. The quantitative estimate of drug-likeness (QED) is 0.389. The van der Waals surface area contributed by atoms with Gasteiger partial charge in [-0.1, -0.05) is 24.3 Å². The van der Waals surface area contributed by atoms with Gasteiger partial charge in [-0.15, -0.1) is 0 Å². The minimum atomic E-state index is -0.603. The number of hydrogen-bond acceptors (Lipinski definition) is 6. The molecular formula is C29H34BN3O4. The molecule has 0 aliphatic carbocycles. The van der Waals surface area contributed by atoms with Crippen LogP contribution in [0.4, 0.5) is 11.4 Å². The molecule has 1 fully saturated rings.